The normalized spacial score (nSPS) is 13.2. The van der Waals surface area contributed by atoms with Crippen molar-refractivity contribution in [2.24, 2.45) is 0 Å². The van der Waals surface area contributed by atoms with Crippen LogP contribution in [0.4, 0.5) is 0 Å². The monoisotopic (exact) mass is 375 g/mol. The van der Waals surface area contributed by atoms with Gasteiger partial charge in [0.15, 0.2) is 23.0 Å². The van der Waals surface area contributed by atoms with Crippen LogP contribution in [0.2, 0.25) is 0 Å². The van der Waals surface area contributed by atoms with Gasteiger partial charge >= 0.3 is 0 Å². The Hall–Kier alpha value is -2.54. The van der Waals surface area contributed by atoms with Crippen molar-refractivity contribution >= 4 is 17.7 Å². The van der Waals surface area contributed by atoms with E-state index in [4.69, 9.17) is 18.9 Å². The zero-order chi connectivity index (χ0) is 18.5. The van der Waals surface area contributed by atoms with Gasteiger partial charge in [0.2, 0.25) is 12.7 Å². The summed E-state index contributed by atoms with van der Waals surface area (Å²) in [5.41, 5.74) is 0.964. The Morgan fingerprint density at radius 2 is 1.88 bits per heavy atom. The molecule has 0 radical (unpaired) electrons. The number of carbonyl (C=O) groups is 1. The number of hydrogen-bond donors (Lipinski definition) is 1. The summed E-state index contributed by atoms with van der Waals surface area (Å²) >= 11 is 1.46. The summed E-state index contributed by atoms with van der Waals surface area (Å²) in [6.45, 7) is 2.55. The number of thioether (sulfide) groups is 1. The molecule has 2 aromatic carbocycles. The van der Waals surface area contributed by atoms with E-state index in [-0.39, 0.29) is 18.0 Å². The van der Waals surface area contributed by atoms with Crippen LogP contribution in [0.25, 0.3) is 0 Å². The zero-order valence-corrected chi connectivity index (χ0v) is 15.7. The van der Waals surface area contributed by atoms with Gasteiger partial charge in [0.25, 0.3) is 0 Å². The van der Waals surface area contributed by atoms with Crippen LogP contribution in [-0.2, 0) is 11.3 Å². The second kappa shape index (κ2) is 8.23. The first-order valence-electron chi connectivity index (χ1n) is 8.15. The van der Waals surface area contributed by atoms with Gasteiger partial charge in [-0.25, -0.2) is 0 Å². The number of fused-ring (bicyclic) bond motifs is 1. The number of benzene rings is 2. The number of ether oxygens (including phenoxy) is 4. The molecule has 1 aliphatic heterocycles. The van der Waals surface area contributed by atoms with E-state index in [2.05, 4.69) is 5.32 Å². The molecule has 0 unspecified atom stereocenters. The van der Waals surface area contributed by atoms with Gasteiger partial charge in [0.1, 0.15) is 0 Å². The molecule has 1 heterocycles. The molecule has 6 nitrogen and oxygen atoms in total. The lowest BCUT2D eigenvalue weighted by Crippen LogP contribution is -2.30. The molecule has 138 valence electrons. The second-order valence-electron chi connectivity index (χ2n) is 5.68. The minimum absolute atomic E-state index is 0.0394. The Morgan fingerprint density at radius 1 is 1.12 bits per heavy atom. The van der Waals surface area contributed by atoms with Crippen molar-refractivity contribution in [3.63, 3.8) is 0 Å². The van der Waals surface area contributed by atoms with Crippen LogP contribution in [-0.4, -0.2) is 32.2 Å². The van der Waals surface area contributed by atoms with Crippen LogP contribution >= 0.6 is 11.8 Å². The van der Waals surface area contributed by atoms with Crippen LogP contribution < -0.4 is 24.3 Å². The molecular formula is C19H21NO5S. The molecule has 1 atom stereocenters. The van der Waals surface area contributed by atoms with Crippen molar-refractivity contribution in [3.8, 4) is 23.0 Å². The highest BCUT2D eigenvalue weighted by atomic mass is 32.2. The predicted molar refractivity (Wildman–Crippen MR) is 99.3 cm³/mol. The second-order valence-corrected chi connectivity index (χ2v) is 7.10. The van der Waals surface area contributed by atoms with Crippen molar-refractivity contribution < 1.29 is 23.7 Å². The molecule has 0 saturated heterocycles. The van der Waals surface area contributed by atoms with Gasteiger partial charge < -0.3 is 24.3 Å². The maximum absolute atomic E-state index is 12.4. The Bertz CT molecular complexity index is 795. The number of carbonyl (C=O) groups excluding carboxylic acids is 1. The van der Waals surface area contributed by atoms with Crippen LogP contribution in [0.1, 0.15) is 12.5 Å². The molecule has 0 spiro atoms. The summed E-state index contributed by atoms with van der Waals surface area (Å²) in [4.78, 5) is 13.3. The van der Waals surface area contributed by atoms with E-state index in [0.29, 0.717) is 23.8 Å². The summed E-state index contributed by atoms with van der Waals surface area (Å²) in [5.74, 6) is 2.71. The zero-order valence-electron chi connectivity index (χ0n) is 14.9. The predicted octanol–water partition coefficient (Wildman–Crippen LogP) is 3.23. The number of rotatable bonds is 7. The van der Waals surface area contributed by atoms with E-state index in [1.807, 2.05) is 43.3 Å². The van der Waals surface area contributed by atoms with Crippen molar-refractivity contribution in [1.29, 1.82) is 0 Å². The molecule has 0 bridgehead atoms. The Balaban J connectivity index is 1.56. The first kappa shape index (κ1) is 18.3. The molecule has 0 aliphatic carbocycles. The van der Waals surface area contributed by atoms with Crippen LogP contribution in [0.5, 0.6) is 23.0 Å². The maximum atomic E-state index is 12.4. The molecule has 0 saturated carbocycles. The highest BCUT2D eigenvalue weighted by Crippen LogP contribution is 2.34. The molecule has 1 N–H and O–H groups in total. The highest BCUT2D eigenvalue weighted by Gasteiger charge is 2.17. The minimum Gasteiger partial charge on any atom is -0.493 e. The van der Waals surface area contributed by atoms with Gasteiger partial charge in [-0.05, 0) is 42.8 Å². The summed E-state index contributed by atoms with van der Waals surface area (Å²) in [5, 5.41) is 2.70. The van der Waals surface area contributed by atoms with E-state index in [1.165, 1.54) is 11.8 Å². The van der Waals surface area contributed by atoms with E-state index in [9.17, 15) is 4.79 Å². The van der Waals surface area contributed by atoms with Crippen molar-refractivity contribution in [2.75, 3.05) is 21.0 Å². The van der Waals surface area contributed by atoms with Gasteiger partial charge in [0.05, 0.1) is 19.5 Å². The highest BCUT2D eigenvalue weighted by molar-refractivity contribution is 8.00. The number of amides is 1. The van der Waals surface area contributed by atoms with Gasteiger partial charge in [-0.2, -0.15) is 0 Å². The van der Waals surface area contributed by atoms with E-state index >= 15 is 0 Å². The van der Waals surface area contributed by atoms with Crippen molar-refractivity contribution in [2.45, 2.75) is 23.6 Å². The molecule has 0 aromatic heterocycles. The van der Waals surface area contributed by atoms with E-state index in [0.717, 1.165) is 16.2 Å². The topological polar surface area (TPSA) is 66.0 Å². The number of nitrogens with one attached hydrogen (secondary N) is 1. The fourth-order valence-electron chi connectivity index (χ4n) is 2.53. The first-order valence-corrected chi connectivity index (χ1v) is 9.03. The van der Waals surface area contributed by atoms with E-state index in [1.54, 1.807) is 14.2 Å². The molecule has 7 heteroatoms. The van der Waals surface area contributed by atoms with Gasteiger partial charge in [0, 0.05) is 11.4 Å². The standard InChI is InChI=1S/C19H21NO5S/c1-12(26-14-5-7-15(22-2)17(9-14)23-3)19(21)20-10-13-4-6-16-18(8-13)25-11-24-16/h4-9,12H,10-11H2,1-3H3,(H,20,21)/t12-/m1/s1. The molecule has 1 aliphatic rings. The third kappa shape index (κ3) is 4.16. The van der Waals surface area contributed by atoms with Crippen molar-refractivity contribution in [1.82, 2.24) is 5.32 Å². The third-order valence-corrected chi connectivity index (χ3v) is 5.03. The van der Waals surface area contributed by atoms with Gasteiger partial charge in [-0.1, -0.05) is 6.07 Å². The van der Waals surface area contributed by atoms with Crippen LogP contribution in [0, 0.1) is 0 Å². The molecule has 26 heavy (non-hydrogen) atoms. The summed E-state index contributed by atoms with van der Waals surface area (Å²) in [6, 6.07) is 11.3. The fraction of sp³-hybridized carbons (Fsp3) is 0.316. The number of hydrogen-bond acceptors (Lipinski definition) is 6. The van der Waals surface area contributed by atoms with Crippen LogP contribution in [0.3, 0.4) is 0 Å². The van der Waals surface area contributed by atoms with Crippen LogP contribution in [0.15, 0.2) is 41.3 Å². The largest absolute Gasteiger partial charge is 0.493 e. The Kier molecular flexibility index (Phi) is 5.78. The van der Waals surface area contributed by atoms with E-state index < -0.39 is 0 Å². The molecule has 1 amide bonds. The first-order chi connectivity index (χ1) is 12.6. The van der Waals surface area contributed by atoms with Crippen molar-refractivity contribution in [3.05, 3.63) is 42.0 Å². The average molecular weight is 375 g/mol. The molecule has 0 fully saturated rings. The molecular weight excluding hydrogens is 354 g/mol. The number of methoxy groups -OCH3 is 2. The SMILES string of the molecule is COc1ccc(S[C@H](C)C(=O)NCc2ccc3c(c2)OCO3)cc1OC. The lowest BCUT2D eigenvalue weighted by atomic mass is 10.2. The third-order valence-electron chi connectivity index (χ3n) is 3.94. The van der Waals surface area contributed by atoms with Gasteiger partial charge in [-0.15, -0.1) is 11.8 Å². The smallest absolute Gasteiger partial charge is 0.233 e. The molecule has 3 rings (SSSR count). The average Bonchev–Trinajstić information content (AvgIpc) is 3.13. The fourth-order valence-corrected chi connectivity index (χ4v) is 3.45. The van der Waals surface area contributed by atoms with Gasteiger partial charge in [-0.3, -0.25) is 4.79 Å². The summed E-state index contributed by atoms with van der Waals surface area (Å²) in [6.07, 6.45) is 0. The lowest BCUT2D eigenvalue weighted by molar-refractivity contribution is -0.120. The maximum Gasteiger partial charge on any atom is 0.233 e. The Labute approximate surface area is 156 Å². The summed E-state index contributed by atoms with van der Waals surface area (Å²) < 4.78 is 21.2. The lowest BCUT2D eigenvalue weighted by Gasteiger charge is -2.14. The molecule has 2 aromatic rings. The quantitative estimate of drug-likeness (QED) is 0.750. The Morgan fingerprint density at radius 3 is 2.65 bits per heavy atom. The summed E-state index contributed by atoms with van der Waals surface area (Å²) in [7, 11) is 3.19. The minimum atomic E-state index is -0.248.